The number of amidine groups is 1. The lowest BCUT2D eigenvalue weighted by molar-refractivity contribution is -0.127. The Hall–Kier alpha value is -2.94. The van der Waals surface area contributed by atoms with Gasteiger partial charge < -0.3 is 14.8 Å². The second-order valence-corrected chi connectivity index (χ2v) is 8.85. The van der Waals surface area contributed by atoms with Crippen LogP contribution >= 0.6 is 0 Å². The van der Waals surface area contributed by atoms with Crippen LogP contribution < -0.4 is 0 Å². The van der Waals surface area contributed by atoms with E-state index in [4.69, 9.17) is 0 Å². The summed E-state index contributed by atoms with van der Waals surface area (Å²) in [6.45, 7) is 1.23. The number of benzene rings is 1. The molecule has 4 heterocycles. The minimum absolute atomic E-state index is 0.0731. The highest BCUT2D eigenvalue weighted by Crippen LogP contribution is 2.29. The summed E-state index contributed by atoms with van der Waals surface area (Å²) in [5, 5.41) is 0.802. The fourth-order valence-electron chi connectivity index (χ4n) is 3.87. The number of nitrogens with zero attached hydrogens (tertiary/aromatic N) is 3. The van der Waals surface area contributed by atoms with E-state index in [0.29, 0.717) is 30.9 Å². The zero-order valence-electron chi connectivity index (χ0n) is 14.9. The van der Waals surface area contributed by atoms with Crippen LogP contribution in [-0.2, 0) is 27.8 Å². The molecule has 9 heteroatoms. The molecule has 7 nitrogen and oxygen atoms in total. The SMILES string of the molecule is O=C(C1=CN2CCS(=O)(=O)N=C2C=C1)N1CCc2[nH]c3ccc(F)cc3c2C1. The second-order valence-electron chi connectivity index (χ2n) is 7.10. The molecule has 28 heavy (non-hydrogen) atoms. The van der Waals surface area contributed by atoms with Gasteiger partial charge in [0.25, 0.3) is 15.9 Å². The molecule has 0 saturated carbocycles. The summed E-state index contributed by atoms with van der Waals surface area (Å²) >= 11 is 0. The Morgan fingerprint density at radius 2 is 2.07 bits per heavy atom. The van der Waals surface area contributed by atoms with Crippen molar-refractivity contribution in [1.29, 1.82) is 0 Å². The van der Waals surface area contributed by atoms with Gasteiger partial charge in [0.1, 0.15) is 11.7 Å². The Morgan fingerprint density at radius 3 is 2.93 bits per heavy atom. The lowest BCUT2D eigenvalue weighted by Crippen LogP contribution is -2.40. The monoisotopic (exact) mass is 400 g/mol. The summed E-state index contributed by atoms with van der Waals surface area (Å²) in [4.78, 5) is 19.8. The van der Waals surface area contributed by atoms with Crippen LogP contribution in [0.4, 0.5) is 4.39 Å². The third-order valence-corrected chi connectivity index (χ3v) is 6.46. The number of halogens is 1. The number of sulfonamides is 1. The summed E-state index contributed by atoms with van der Waals surface area (Å²) in [5.74, 6) is -0.186. The number of fused-ring (bicyclic) bond motifs is 4. The van der Waals surface area contributed by atoms with Crippen LogP contribution in [0.25, 0.3) is 10.9 Å². The predicted molar refractivity (Wildman–Crippen MR) is 103 cm³/mol. The molecule has 0 atom stereocenters. The molecule has 3 aliphatic rings. The Labute approximate surface area is 160 Å². The van der Waals surface area contributed by atoms with Gasteiger partial charge in [0.05, 0.1) is 11.3 Å². The van der Waals surface area contributed by atoms with Crippen molar-refractivity contribution in [3.05, 3.63) is 59.2 Å². The molecule has 0 fully saturated rings. The van der Waals surface area contributed by atoms with E-state index in [2.05, 4.69) is 9.38 Å². The predicted octanol–water partition coefficient (Wildman–Crippen LogP) is 1.69. The number of aromatic amines is 1. The number of rotatable bonds is 1. The van der Waals surface area contributed by atoms with E-state index < -0.39 is 10.0 Å². The molecule has 144 valence electrons. The van der Waals surface area contributed by atoms with Crippen LogP contribution in [0.3, 0.4) is 0 Å². The maximum absolute atomic E-state index is 13.7. The van der Waals surface area contributed by atoms with Crippen LogP contribution in [0.1, 0.15) is 11.3 Å². The molecule has 0 unspecified atom stereocenters. The van der Waals surface area contributed by atoms with Crippen molar-refractivity contribution in [2.45, 2.75) is 13.0 Å². The number of carbonyl (C=O) groups is 1. The highest BCUT2D eigenvalue weighted by molar-refractivity contribution is 7.90. The molecule has 1 N–H and O–H groups in total. The van der Waals surface area contributed by atoms with Gasteiger partial charge in [0.2, 0.25) is 0 Å². The van der Waals surface area contributed by atoms with E-state index in [0.717, 1.165) is 22.2 Å². The summed E-state index contributed by atoms with van der Waals surface area (Å²) < 4.78 is 40.6. The highest BCUT2D eigenvalue weighted by atomic mass is 32.2. The fourth-order valence-corrected chi connectivity index (χ4v) is 4.84. The van der Waals surface area contributed by atoms with E-state index in [-0.39, 0.29) is 24.0 Å². The van der Waals surface area contributed by atoms with E-state index in [9.17, 15) is 17.6 Å². The molecular weight excluding hydrogens is 383 g/mol. The molecule has 0 radical (unpaired) electrons. The smallest absolute Gasteiger partial charge is 0.256 e. The van der Waals surface area contributed by atoms with Gasteiger partial charge in [-0.25, -0.2) is 12.8 Å². The van der Waals surface area contributed by atoms with Crippen LogP contribution in [0.15, 0.2) is 46.5 Å². The molecular formula is C19H17FN4O3S. The van der Waals surface area contributed by atoms with Gasteiger partial charge in [-0.1, -0.05) is 0 Å². The summed E-state index contributed by atoms with van der Waals surface area (Å²) in [5.41, 5.74) is 3.33. The number of amides is 1. The number of hydrogen-bond acceptors (Lipinski definition) is 4. The van der Waals surface area contributed by atoms with Crippen molar-refractivity contribution >= 4 is 32.7 Å². The molecule has 0 spiro atoms. The molecule has 3 aliphatic heterocycles. The van der Waals surface area contributed by atoms with E-state index in [1.54, 1.807) is 34.2 Å². The maximum atomic E-state index is 13.7. The normalized spacial score (nSPS) is 20.5. The lowest BCUT2D eigenvalue weighted by Gasteiger charge is -2.31. The molecule has 0 saturated heterocycles. The Balaban J connectivity index is 1.42. The van der Waals surface area contributed by atoms with Crippen molar-refractivity contribution < 1.29 is 17.6 Å². The number of nitrogens with one attached hydrogen (secondary N) is 1. The number of H-pyrrole nitrogens is 1. The van der Waals surface area contributed by atoms with Crippen LogP contribution in [0.2, 0.25) is 0 Å². The van der Waals surface area contributed by atoms with Gasteiger partial charge in [-0.2, -0.15) is 0 Å². The Kier molecular flexibility index (Phi) is 3.70. The van der Waals surface area contributed by atoms with Crippen LogP contribution in [0, 0.1) is 5.82 Å². The van der Waals surface area contributed by atoms with Crippen molar-refractivity contribution in [3.63, 3.8) is 0 Å². The zero-order valence-corrected chi connectivity index (χ0v) is 15.7. The maximum Gasteiger partial charge on any atom is 0.256 e. The number of carbonyl (C=O) groups excluding carboxylic acids is 1. The average molecular weight is 400 g/mol. The standard InChI is InChI=1S/C19H17FN4O3S/c20-13-2-3-16-14(9-13)15-11-24(6-5-17(15)21-16)19(25)12-1-4-18-22-28(26,27)8-7-23(18)10-12/h1-4,9-10,21H,5-8,11H2. The lowest BCUT2D eigenvalue weighted by atomic mass is 10.0. The average Bonchev–Trinajstić information content (AvgIpc) is 3.03. The molecule has 1 amide bonds. The van der Waals surface area contributed by atoms with Gasteiger partial charge in [-0.05, 0) is 30.4 Å². The summed E-state index contributed by atoms with van der Waals surface area (Å²) in [6.07, 6.45) is 5.48. The highest BCUT2D eigenvalue weighted by Gasteiger charge is 2.29. The molecule has 0 aliphatic carbocycles. The molecule has 5 rings (SSSR count). The van der Waals surface area contributed by atoms with Gasteiger partial charge in [-0.15, -0.1) is 4.40 Å². The summed E-state index contributed by atoms with van der Waals surface area (Å²) in [6, 6.07) is 4.63. The summed E-state index contributed by atoms with van der Waals surface area (Å²) in [7, 11) is -3.43. The molecule has 1 aromatic heterocycles. The molecule has 1 aromatic carbocycles. The minimum atomic E-state index is -3.43. The molecule has 2 aromatic rings. The van der Waals surface area contributed by atoms with Crippen molar-refractivity contribution in [2.75, 3.05) is 18.8 Å². The number of aromatic nitrogens is 1. The number of hydrogen-bond donors (Lipinski definition) is 1. The Morgan fingerprint density at radius 1 is 1.21 bits per heavy atom. The van der Waals surface area contributed by atoms with Crippen molar-refractivity contribution in [2.24, 2.45) is 4.40 Å². The Bertz CT molecular complexity index is 1210. The fraction of sp³-hybridized carbons (Fsp3) is 0.263. The third kappa shape index (κ3) is 2.82. The van der Waals surface area contributed by atoms with Crippen molar-refractivity contribution in [3.8, 4) is 0 Å². The first-order valence-electron chi connectivity index (χ1n) is 8.97. The van der Waals surface area contributed by atoms with Crippen LogP contribution in [0.5, 0.6) is 0 Å². The zero-order chi connectivity index (χ0) is 19.5. The van der Waals surface area contributed by atoms with Gasteiger partial charge in [-0.3, -0.25) is 4.79 Å². The van der Waals surface area contributed by atoms with E-state index in [1.807, 2.05) is 0 Å². The van der Waals surface area contributed by atoms with Gasteiger partial charge in [0, 0.05) is 54.4 Å². The quantitative estimate of drug-likeness (QED) is 0.789. The van der Waals surface area contributed by atoms with Crippen LogP contribution in [-0.4, -0.2) is 53.8 Å². The first-order valence-corrected chi connectivity index (χ1v) is 10.6. The first kappa shape index (κ1) is 17.2. The van der Waals surface area contributed by atoms with Gasteiger partial charge >= 0.3 is 0 Å². The van der Waals surface area contributed by atoms with Crippen molar-refractivity contribution in [1.82, 2.24) is 14.8 Å². The minimum Gasteiger partial charge on any atom is -0.358 e. The topological polar surface area (TPSA) is 85.8 Å². The second kappa shape index (κ2) is 6.03. The third-order valence-electron chi connectivity index (χ3n) is 5.30. The first-order chi connectivity index (χ1) is 13.4. The van der Waals surface area contributed by atoms with E-state index in [1.165, 1.54) is 12.1 Å². The molecule has 0 bridgehead atoms. The largest absolute Gasteiger partial charge is 0.358 e. The van der Waals surface area contributed by atoms with Gasteiger partial charge in [0.15, 0.2) is 0 Å². The van der Waals surface area contributed by atoms with E-state index >= 15 is 0 Å².